The molecule has 3 N–H and O–H groups in total. The van der Waals surface area contributed by atoms with E-state index < -0.39 is 5.54 Å². The Morgan fingerprint density at radius 3 is 2.15 bits per heavy atom. The normalized spacial score (nSPS) is 20.8. The first-order chi connectivity index (χ1) is 9.51. The molecule has 1 atom stereocenters. The zero-order valence-corrected chi connectivity index (χ0v) is 13.5. The zero-order valence-electron chi connectivity index (χ0n) is 13.5. The first kappa shape index (κ1) is 17.4. The van der Waals surface area contributed by atoms with Crippen molar-refractivity contribution < 1.29 is 4.79 Å². The van der Waals surface area contributed by atoms with Gasteiger partial charge in [-0.3, -0.25) is 4.79 Å². The number of rotatable bonds is 9. The number of nitrogens with zero attached hydrogens (tertiary/aromatic N) is 2. The second-order valence-electron chi connectivity index (χ2n) is 6.01. The molecule has 0 radical (unpaired) electrons. The molecule has 0 aromatic heterocycles. The largest absolute Gasteiger partial charge is 0.368 e. The number of primary amides is 1. The third-order valence-electron chi connectivity index (χ3n) is 4.27. The van der Waals surface area contributed by atoms with Gasteiger partial charge in [0.2, 0.25) is 5.91 Å². The molecule has 0 aromatic carbocycles. The highest BCUT2D eigenvalue weighted by Gasteiger charge is 2.29. The minimum Gasteiger partial charge on any atom is -0.368 e. The summed E-state index contributed by atoms with van der Waals surface area (Å²) < 4.78 is 0. The summed E-state index contributed by atoms with van der Waals surface area (Å²) >= 11 is 0. The van der Waals surface area contributed by atoms with Crippen LogP contribution in [0.5, 0.6) is 0 Å². The fourth-order valence-corrected chi connectivity index (χ4v) is 2.90. The summed E-state index contributed by atoms with van der Waals surface area (Å²) in [5, 5.41) is 3.22. The SMILES string of the molecule is CCCN1CCN(CCCC(C)(NCC)C(N)=O)CC1. The summed E-state index contributed by atoms with van der Waals surface area (Å²) in [6, 6.07) is 0. The van der Waals surface area contributed by atoms with Gasteiger partial charge in [0.1, 0.15) is 0 Å². The summed E-state index contributed by atoms with van der Waals surface area (Å²) in [5.41, 5.74) is 4.95. The third kappa shape index (κ3) is 5.38. The maximum absolute atomic E-state index is 11.5. The highest BCUT2D eigenvalue weighted by atomic mass is 16.1. The molecule has 0 aliphatic carbocycles. The highest BCUT2D eigenvalue weighted by Crippen LogP contribution is 2.13. The van der Waals surface area contributed by atoms with E-state index in [4.69, 9.17) is 5.73 Å². The fourth-order valence-electron chi connectivity index (χ4n) is 2.90. The van der Waals surface area contributed by atoms with Crippen molar-refractivity contribution in [3.63, 3.8) is 0 Å². The van der Waals surface area contributed by atoms with Crippen molar-refractivity contribution in [3.05, 3.63) is 0 Å². The Balaban J connectivity index is 2.25. The Hall–Kier alpha value is -0.650. The van der Waals surface area contributed by atoms with Gasteiger partial charge in [-0.1, -0.05) is 13.8 Å². The van der Waals surface area contributed by atoms with Crippen molar-refractivity contribution in [2.45, 2.75) is 45.6 Å². The second-order valence-corrected chi connectivity index (χ2v) is 6.01. The van der Waals surface area contributed by atoms with E-state index in [0.29, 0.717) is 0 Å². The Labute approximate surface area is 123 Å². The van der Waals surface area contributed by atoms with Gasteiger partial charge in [-0.2, -0.15) is 0 Å². The summed E-state index contributed by atoms with van der Waals surface area (Å²) in [7, 11) is 0. The standard InChI is InChI=1S/C15H32N4O/c1-4-8-18-10-12-19(13-11-18)9-6-7-15(3,14(16)20)17-5-2/h17H,4-13H2,1-3H3,(H2,16,20). The molecule has 20 heavy (non-hydrogen) atoms. The number of carbonyl (C=O) groups excluding carboxylic acids is 1. The summed E-state index contributed by atoms with van der Waals surface area (Å²) in [6.45, 7) is 13.9. The lowest BCUT2D eigenvalue weighted by Crippen LogP contribution is -2.53. The lowest BCUT2D eigenvalue weighted by Gasteiger charge is -2.35. The van der Waals surface area contributed by atoms with Crippen LogP contribution >= 0.6 is 0 Å². The zero-order chi connectivity index (χ0) is 15.0. The van der Waals surface area contributed by atoms with Crippen molar-refractivity contribution in [3.8, 4) is 0 Å². The molecule has 118 valence electrons. The van der Waals surface area contributed by atoms with Crippen LogP contribution in [0.25, 0.3) is 0 Å². The maximum atomic E-state index is 11.5. The predicted octanol–water partition coefficient (Wildman–Crippen LogP) is 0.648. The van der Waals surface area contributed by atoms with Crippen LogP contribution in [-0.4, -0.2) is 67.1 Å². The highest BCUT2D eigenvalue weighted by molar-refractivity contribution is 5.84. The molecule has 1 aliphatic heterocycles. The van der Waals surface area contributed by atoms with E-state index in [1.165, 1.54) is 26.1 Å². The number of piperazine rings is 1. The van der Waals surface area contributed by atoms with Crippen LogP contribution in [0.2, 0.25) is 0 Å². The van der Waals surface area contributed by atoms with Gasteiger partial charge >= 0.3 is 0 Å². The monoisotopic (exact) mass is 284 g/mol. The van der Waals surface area contributed by atoms with Gasteiger partial charge in [-0.15, -0.1) is 0 Å². The van der Waals surface area contributed by atoms with Crippen LogP contribution in [0, 0.1) is 0 Å². The van der Waals surface area contributed by atoms with E-state index in [1.54, 1.807) is 0 Å². The van der Waals surface area contributed by atoms with E-state index in [9.17, 15) is 4.79 Å². The molecule has 0 saturated carbocycles. The van der Waals surface area contributed by atoms with E-state index in [-0.39, 0.29) is 5.91 Å². The quantitative estimate of drug-likeness (QED) is 0.652. The molecule has 1 saturated heterocycles. The lowest BCUT2D eigenvalue weighted by molar-refractivity contribution is -0.124. The van der Waals surface area contributed by atoms with Gasteiger partial charge in [-0.05, 0) is 45.8 Å². The lowest BCUT2D eigenvalue weighted by atomic mass is 9.94. The molecule has 1 aliphatic rings. The molecule has 5 heteroatoms. The van der Waals surface area contributed by atoms with Crippen LogP contribution in [0.1, 0.15) is 40.0 Å². The maximum Gasteiger partial charge on any atom is 0.237 e. The minimum atomic E-state index is -0.557. The van der Waals surface area contributed by atoms with Gasteiger partial charge in [0.25, 0.3) is 0 Å². The molecule has 1 heterocycles. The van der Waals surface area contributed by atoms with Gasteiger partial charge < -0.3 is 20.9 Å². The van der Waals surface area contributed by atoms with Crippen LogP contribution in [0.15, 0.2) is 0 Å². The van der Waals surface area contributed by atoms with Crippen LogP contribution in [-0.2, 0) is 4.79 Å². The molecule has 1 fully saturated rings. The Morgan fingerprint density at radius 1 is 1.15 bits per heavy atom. The van der Waals surface area contributed by atoms with Gasteiger partial charge in [0.15, 0.2) is 0 Å². The Morgan fingerprint density at radius 2 is 1.70 bits per heavy atom. The van der Waals surface area contributed by atoms with Crippen molar-refractivity contribution >= 4 is 5.91 Å². The summed E-state index contributed by atoms with van der Waals surface area (Å²) in [4.78, 5) is 16.6. The Kier molecular flexibility index (Phi) is 7.48. The van der Waals surface area contributed by atoms with E-state index in [2.05, 4.69) is 22.0 Å². The summed E-state index contributed by atoms with van der Waals surface area (Å²) in [6.07, 6.45) is 3.06. The van der Waals surface area contributed by atoms with Crippen LogP contribution in [0.4, 0.5) is 0 Å². The molecule has 1 rings (SSSR count). The Bertz CT molecular complexity index is 290. The molecule has 1 amide bonds. The van der Waals surface area contributed by atoms with E-state index in [0.717, 1.165) is 39.0 Å². The first-order valence-corrected chi connectivity index (χ1v) is 8.01. The molecule has 0 aromatic rings. The molecule has 0 bridgehead atoms. The number of nitrogens with one attached hydrogen (secondary N) is 1. The van der Waals surface area contributed by atoms with Crippen molar-refractivity contribution in [1.29, 1.82) is 0 Å². The third-order valence-corrected chi connectivity index (χ3v) is 4.27. The molecule has 0 spiro atoms. The van der Waals surface area contributed by atoms with Gasteiger partial charge in [0.05, 0.1) is 5.54 Å². The first-order valence-electron chi connectivity index (χ1n) is 8.01. The molecular formula is C15H32N4O. The predicted molar refractivity (Wildman–Crippen MR) is 83.7 cm³/mol. The summed E-state index contributed by atoms with van der Waals surface area (Å²) in [5.74, 6) is -0.243. The molecule has 1 unspecified atom stereocenters. The van der Waals surface area contributed by atoms with Crippen LogP contribution < -0.4 is 11.1 Å². The smallest absolute Gasteiger partial charge is 0.237 e. The van der Waals surface area contributed by atoms with Gasteiger partial charge in [0, 0.05) is 26.2 Å². The van der Waals surface area contributed by atoms with Crippen molar-refractivity contribution in [1.82, 2.24) is 15.1 Å². The van der Waals surface area contributed by atoms with Crippen molar-refractivity contribution in [2.24, 2.45) is 5.73 Å². The second kappa shape index (κ2) is 8.60. The molecular weight excluding hydrogens is 252 g/mol. The number of amides is 1. The van der Waals surface area contributed by atoms with E-state index in [1.807, 2.05) is 13.8 Å². The number of nitrogens with two attached hydrogens (primary N) is 1. The van der Waals surface area contributed by atoms with Crippen molar-refractivity contribution in [2.75, 3.05) is 45.8 Å². The molecule has 5 nitrogen and oxygen atoms in total. The topological polar surface area (TPSA) is 61.6 Å². The minimum absolute atomic E-state index is 0.243. The average molecular weight is 284 g/mol. The number of hydrogen-bond acceptors (Lipinski definition) is 4. The van der Waals surface area contributed by atoms with Crippen LogP contribution in [0.3, 0.4) is 0 Å². The number of likely N-dealkylation sites (N-methyl/N-ethyl adjacent to an activating group) is 1. The van der Waals surface area contributed by atoms with E-state index >= 15 is 0 Å². The number of hydrogen-bond donors (Lipinski definition) is 2. The average Bonchev–Trinajstić information content (AvgIpc) is 2.41. The number of carbonyl (C=O) groups is 1. The van der Waals surface area contributed by atoms with Gasteiger partial charge in [-0.25, -0.2) is 0 Å². The fraction of sp³-hybridized carbons (Fsp3) is 0.933.